The first kappa shape index (κ1) is 19.3. The van der Waals surface area contributed by atoms with Crippen LogP contribution in [0.5, 0.6) is 0 Å². The molecule has 28 heavy (non-hydrogen) atoms. The molecule has 4 rings (SSSR count). The molecule has 0 aliphatic carbocycles. The summed E-state index contributed by atoms with van der Waals surface area (Å²) in [6.07, 6.45) is 4.45. The minimum Gasteiger partial charge on any atom is -0.322 e. The Morgan fingerprint density at radius 3 is 2.39 bits per heavy atom. The number of amides is 3. The van der Waals surface area contributed by atoms with Crippen LogP contribution in [0.15, 0.2) is 24.3 Å². The predicted molar refractivity (Wildman–Crippen MR) is 104 cm³/mol. The van der Waals surface area contributed by atoms with Gasteiger partial charge in [0.25, 0.3) is 5.91 Å². The third-order valence-electron chi connectivity index (χ3n) is 6.47. The lowest BCUT2D eigenvalue weighted by atomic mass is 9.74. The van der Waals surface area contributed by atoms with Gasteiger partial charge in [-0.15, -0.1) is 0 Å². The average molecular weight is 388 g/mol. The smallest absolute Gasteiger partial charge is 0.322 e. The van der Waals surface area contributed by atoms with Crippen molar-refractivity contribution in [2.75, 3.05) is 39.3 Å². The van der Waals surface area contributed by atoms with Crippen LogP contribution in [0.1, 0.15) is 31.2 Å². The summed E-state index contributed by atoms with van der Waals surface area (Å²) in [5.41, 5.74) is -0.0582. The Hall–Kier alpha value is -1.99. The first-order valence-electron chi connectivity index (χ1n) is 10.4. The van der Waals surface area contributed by atoms with E-state index in [1.807, 2.05) is 0 Å². The lowest BCUT2D eigenvalue weighted by molar-refractivity contribution is -0.133. The number of benzene rings is 1. The van der Waals surface area contributed by atoms with Gasteiger partial charge in [-0.05, 0) is 75.5 Å². The molecule has 2 N–H and O–H groups in total. The quantitative estimate of drug-likeness (QED) is 0.729. The molecule has 1 aromatic rings. The van der Waals surface area contributed by atoms with Gasteiger partial charge in [-0.1, -0.05) is 12.1 Å². The molecule has 3 saturated heterocycles. The monoisotopic (exact) mass is 388 g/mol. The largest absolute Gasteiger partial charge is 0.325 e. The van der Waals surface area contributed by atoms with E-state index in [2.05, 4.69) is 15.5 Å². The molecule has 0 saturated carbocycles. The van der Waals surface area contributed by atoms with Crippen LogP contribution in [-0.2, 0) is 11.2 Å². The van der Waals surface area contributed by atoms with Gasteiger partial charge in [0.1, 0.15) is 11.4 Å². The minimum absolute atomic E-state index is 0.0760. The number of nitrogens with zero attached hydrogens (tertiary/aromatic N) is 2. The summed E-state index contributed by atoms with van der Waals surface area (Å²) in [5, 5.41) is 6.41. The second kappa shape index (κ2) is 8.17. The Morgan fingerprint density at radius 1 is 1.04 bits per heavy atom. The van der Waals surface area contributed by atoms with E-state index in [9.17, 15) is 14.0 Å². The van der Waals surface area contributed by atoms with Crippen molar-refractivity contribution in [3.8, 4) is 0 Å². The van der Waals surface area contributed by atoms with Crippen molar-refractivity contribution in [1.82, 2.24) is 20.4 Å². The molecular weight excluding hydrogens is 359 g/mol. The molecule has 3 fully saturated rings. The minimum atomic E-state index is -0.929. The summed E-state index contributed by atoms with van der Waals surface area (Å²) in [6, 6.07) is 5.97. The van der Waals surface area contributed by atoms with Gasteiger partial charge in [-0.3, -0.25) is 9.69 Å². The van der Waals surface area contributed by atoms with E-state index in [4.69, 9.17) is 0 Å². The topological polar surface area (TPSA) is 64.7 Å². The first-order chi connectivity index (χ1) is 13.6. The van der Waals surface area contributed by atoms with Crippen LogP contribution in [0, 0.1) is 11.7 Å². The standard InChI is InChI=1S/C21H29FN4O2/c22-18-5-3-16(4-6-18)15-21(17-7-9-23-10-8-17)19(27)26(20(28)24-21)14-13-25-11-1-2-12-25/h3-6,17,23H,1-2,7-15H2,(H,24,28)/t21-/m1/s1. The molecule has 0 bridgehead atoms. The summed E-state index contributed by atoms with van der Waals surface area (Å²) in [5.74, 6) is -0.339. The maximum atomic E-state index is 13.5. The highest BCUT2D eigenvalue weighted by atomic mass is 19.1. The lowest BCUT2D eigenvalue weighted by Crippen LogP contribution is -2.57. The van der Waals surface area contributed by atoms with Gasteiger partial charge in [0.2, 0.25) is 0 Å². The molecule has 152 valence electrons. The van der Waals surface area contributed by atoms with Crippen LogP contribution in [-0.4, -0.2) is 66.5 Å². The number of nitrogens with one attached hydrogen (secondary N) is 2. The average Bonchev–Trinajstić information content (AvgIpc) is 3.30. The number of imide groups is 1. The van der Waals surface area contributed by atoms with E-state index in [1.54, 1.807) is 12.1 Å². The van der Waals surface area contributed by atoms with Crippen molar-refractivity contribution in [2.24, 2.45) is 5.92 Å². The second-order valence-corrected chi connectivity index (χ2v) is 8.23. The molecule has 1 atom stereocenters. The molecule has 0 aromatic heterocycles. The SMILES string of the molecule is O=C1N[C@](Cc2ccc(F)cc2)(C2CCNCC2)C(=O)N1CCN1CCCC1. The summed E-state index contributed by atoms with van der Waals surface area (Å²) in [7, 11) is 0. The van der Waals surface area contributed by atoms with Gasteiger partial charge in [0.05, 0.1) is 0 Å². The first-order valence-corrected chi connectivity index (χ1v) is 10.4. The maximum Gasteiger partial charge on any atom is 0.325 e. The van der Waals surface area contributed by atoms with Crippen molar-refractivity contribution >= 4 is 11.9 Å². The van der Waals surface area contributed by atoms with Gasteiger partial charge < -0.3 is 15.5 Å². The van der Waals surface area contributed by atoms with Crippen molar-refractivity contribution in [3.05, 3.63) is 35.6 Å². The Balaban J connectivity index is 1.56. The number of hydrogen-bond donors (Lipinski definition) is 2. The van der Waals surface area contributed by atoms with Gasteiger partial charge in [-0.2, -0.15) is 0 Å². The zero-order chi connectivity index (χ0) is 19.6. The Morgan fingerprint density at radius 2 is 1.71 bits per heavy atom. The summed E-state index contributed by atoms with van der Waals surface area (Å²) < 4.78 is 13.3. The van der Waals surface area contributed by atoms with Crippen molar-refractivity contribution in [2.45, 2.75) is 37.6 Å². The maximum absolute atomic E-state index is 13.5. The van der Waals surface area contributed by atoms with E-state index < -0.39 is 5.54 Å². The number of likely N-dealkylation sites (tertiary alicyclic amines) is 1. The van der Waals surface area contributed by atoms with E-state index in [0.29, 0.717) is 13.0 Å². The Bertz CT molecular complexity index is 714. The highest BCUT2D eigenvalue weighted by molar-refractivity contribution is 6.07. The Labute approximate surface area is 165 Å². The molecule has 7 heteroatoms. The van der Waals surface area contributed by atoms with Crippen LogP contribution in [0.2, 0.25) is 0 Å². The van der Waals surface area contributed by atoms with Crippen LogP contribution in [0.4, 0.5) is 9.18 Å². The highest BCUT2D eigenvalue weighted by Crippen LogP contribution is 2.35. The predicted octanol–water partition coefficient (Wildman–Crippen LogP) is 1.75. The molecule has 0 spiro atoms. The van der Waals surface area contributed by atoms with Crippen molar-refractivity contribution in [3.63, 3.8) is 0 Å². The lowest BCUT2D eigenvalue weighted by Gasteiger charge is -2.38. The van der Waals surface area contributed by atoms with E-state index in [-0.39, 0.29) is 23.7 Å². The fraction of sp³-hybridized carbons (Fsp3) is 0.619. The molecule has 3 heterocycles. The molecule has 3 amide bonds. The molecule has 6 nitrogen and oxygen atoms in total. The number of halogens is 1. The number of carbonyl (C=O) groups is 2. The Kier molecular flexibility index (Phi) is 5.64. The van der Waals surface area contributed by atoms with Gasteiger partial charge in [0, 0.05) is 19.5 Å². The van der Waals surface area contributed by atoms with Crippen LogP contribution < -0.4 is 10.6 Å². The second-order valence-electron chi connectivity index (χ2n) is 8.23. The highest BCUT2D eigenvalue weighted by Gasteiger charge is 2.55. The normalized spacial score (nSPS) is 26.8. The third kappa shape index (κ3) is 3.78. The molecule has 0 radical (unpaired) electrons. The molecule has 0 unspecified atom stereocenters. The number of rotatable bonds is 6. The summed E-state index contributed by atoms with van der Waals surface area (Å²) in [6.45, 7) is 4.93. The van der Waals surface area contributed by atoms with E-state index in [1.165, 1.54) is 29.9 Å². The van der Waals surface area contributed by atoms with E-state index >= 15 is 0 Å². The van der Waals surface area contributed by atoms with Crippen LogP contribution in [0.3, 0.4) is 0 Å². The van der Waals surface area contributed by atoms with Crippen LogP contribution in [0.25, 0.3) is 0 Å². The van der Waals surface area contributed by atoms with E-state index in [0.717, 1.165) is 51.1 Å². The number of urea groups is 1. The molecule has 3 aliphatic heterocycles. The summed E-state index contributed by atoms with van der Waals surface area (Å²) in [4.78, 5) is 30.1. The number of piperidine rings is 1. The van der Waals surface area contributed by atoms with Crippen molar-refractivity contribution < 1.29 is 14.0 Å². The van der Waals surface area contributed by atoms with Gasteiger partial charge in [-0.25, -0.2) is 9.18 Å². The van der Waals surface area contributed by atoms with Crippen LogP contribution >= 0.6 is 0 Å². The molecule has 3 aliphatic rings. The van der Waals surface area contributed by atoms with Crippen molar-refractivity contribution in [1.29, 1.82) is 0 Å². The fourth-order valence-electron chi connectivity index (χ4n) is 4.88. The number of hydrogen-bond acceptors (Lipinski definition) is 4. The summed E-state index contributed by atoms with van der Waals surface area (Å²) >= 11 is 0. The fourth-order valence-corrected chi connectivity index (χ4v) is 4.88. The zero-order valence-electron chi connectivity index (χ0n) is 16.3. The van der Waals surface area contributed by atoms with Gasteiger partial charge in [0.15, 0.2) is 0 Å². The molecule has 1 aromatic carbocycles. The molecular formula is C21H29FN4O2. The number of carbonyl (C=O) groups excluding carboxylic acids is 2. The van der Waals surface area contributed by atoms with Gasteiger partial charge >= 0.3 is 6.03 Å². The third-order valence-corrected chi connectivity index (χ3v) is 6.47. The zero-order valence-corrected chi connectivity index (χ0v) is 16.3.